The van der Waals surface area contributed by atoms with E-state index in [9.17, 15) is 5.11 Å². The van der Waals surface area contributed by atoms with E-state index in [2.05, 4.69) is 35.8 Å². The predicted molar refractivity (Wildman–Crippen MR) is 93.8 cm³/mol. The molecule has 1 heterocycles. The van der Waals surface area contributed by atoms with E-state index in [-0.39, 0.29) is 0 Å². The fourth-order valence-corrected chi connectivity index (χ4v) is 2.91. The van der Waals surface area contributed by atoms with Gasteiger partial charge in [0.1, 0.15) is 5.82 Å². The van der Waals surface area contributed by atoms with Gasteiger partial charge in [-0.2, -0.15) is 0 Å². The molecule has 3 N–H and O–H groups in total. The first-order valence-corrected chi connectivity index (χ1v) is 8.12. The Balaban J connectivity index is 2.11. The summed E-state index contributed by atoms with van der Waals surface area (Å²) in [5, 5.41) is 9.77. The molecule has 0 bridgehead atoms. The molecular weight excluding hydrogens is 286 g/mol. The van der Waals surface area contributed by atoms with Gasteiger partial charge in [0.2, 0.25) is 0 Å². The first kappa shape index (κ1) is 15.7. The van der Waals surface area contributed by atoms with E-state index in [1.165, 1.54) is 5.56 Å². The topological polar surface area (TPSA) is 64.1 Å². The second-order valence-corrected chi connectivity index (χ2v) is 5.85. The Bertz CT molecular complexity index is 803. The van der Waals surface area contributed by atoms with Gasteiger partial charge in [0, 0.05) is 12.1 Å². The van der Waals surface area contributed by atoms with Crippen molar-refractivity contribution in [3.8, 4) is 5.69 Å². The Hall–Kier alpha value is -2.17. The second-order valence-electron chi connectivity index (χ2n) is 5.85. The largest absolute Gasteiger partial charge is 0.389 e. The number of aliphatic hydroxyl groups is 1. The second kappa shape index (κ2) is 6.52. The number of aryl methyl sites for hydroxylation is 1. The monoisotopic (exact) mass is 309 g/mol. The van der Waals surface area contributed by atoms with E-state index in [1.54, 1.807) is 6.92 Å². The minimum absolute atomic E-state index is 0.481. The Morgan fingerprint density at radius 2 is 1.91 bits per heavy atom. The van der Waals surface area contributed by atoms with Gasteiger partial charge in [-0.05, 0) is 55.3 Å². The molecule has 120 valence electrons. The fraction of sp³-hybridized carbons (Fsp3) is 0.316. The summed E-state index contributed by atoms with van der Waals surface area (Å²) in [6.07, 6.45) is 1.26. The average Bonchev–Trinajstić information content (AvgIpc) is 2.93. The van der Waals surface area contributed by atoms with Gasteiger partial charge in [0.05, 0.1) is 17.1 Å². The van der Waals surface area contributed by atoms with Crippen LogP contribution in [0.3, 0.4) is 0 Å². The summed E-state index contributed by atoms with van der Waals surface area (Å²) in [7, 11) is 0. The highest BCUT2D eigenvalue weighted by atomic mass is 16.3. The van der Waals surface area contributed by atoms with Crippen molar-refractivity contribution in [3.05, 3.63) is 59.4 Å². The van der Waals surface area contributed by atoms with Gasteiger partial charge in [0.15, 0.2) is 0 Å². The quantitative estimate of drug-likeness (QED) is 0.761. The standard InChI is InChI=1S/C19H23N3O/c1-3-19-21-17-12-15(13(2)23)6-9-18(17)22(19)16-7-4-14(5-8-16)10-11-20/h4-9,12-13,23H,3,10-11,20H2,1-2H3. The lowest BCUT2D eigenvalue weighted by atomic mass is 10.1. The van der Waals surface area contributed by atoms with Crippen LogP contribution < -0.4 is 5.73 Å². The molecule has 4 nitrogen and oxygen atoms in total. The minimum atomic E-state index is -0.481. The zero-order chi connectivity index (χ0) is 16.4. The molecule has 1 unspecified atom stereocenters. The lowest BCUT2D eigenvalue weighted by Gasteiger charge is -2.10. The molecule has 1 aromatic heterocycles. The van der Waals surface area contributed by atoms with Crippen LogP contribution in [0, 0.1) is 0 Å². The Morgan fingerprint density at radius 1 is 1.17 bits per heavy atom. The SMILES string of the molecule is CCc1nc2cc(C(C)O)ccc2n1-c1ccc(CCN)cc1. The van der Waals surface area contributed by atoms with Gasteiger partial charge in [-0.3, -0.25) is 4.57 Å². The molecule has 3 aromatic rings. The summed E-state index contributed by atoms with van der Waals surface area (Å²) in [4.78, 5) is 4.74. The molecule has 0 spiro atoms. The molecule has 4 heteroatoms. The van der Waals surface area contributed by atoms with Crippen molar-refractivity contribution >= 4 is 11.0 Å². The smallest absolute Gasteiger partial charge is 0.114 e. The predicted octanol–water partition coefficient (Wildman–Crippen LogP) is 3.14. The highest BCUT2D eigenvalue weighted by Crippen LogP contribution is 2.25. The number of nitrogens with zero attached hydrogens (tertiary/aromatic N) is 2. The molecule has 0 aliphatic carbocycles. The van der Waals surface area contributed by atoms with Gasteiger partial charge < -0.3 is 10.8 Å². The van der Waals surface area contributed by atoms with Crippen LogP contribution in [0.5, 0.6) is 0 Å². The third-order valence-electron chi connectivity index (χ3n) is 4.17. The van der Waals surface area contributed by atoms with Crippen LogP contribution in [0.2, 0.25) is 0 Å². The van der Waals surface area contributed by atoms with Gasteiger partial charge in [0.25, 0.3) is 0 Å². The molecule has 0 aliphatic heterocycles. The summed E-state index contributed by atoms with van der Waals surface area (Å²) >= 11 is 0. The number of imidazole rings is 1. The molecule has 0 amide bonds. The number of hydrogen-bond donors (Lipinski definition) is 2. The Kier molecular flexibility index (Phi) is 4.46. The number of rotatable bonds is 5. The van der Waals surface area contributed by atoms with Crippen LogP contribution in [-0.2, 0) is 12.8 Å². The molecule has 23 heavy (non-hydrogen) atoms. The molecular formula is C19H23N3O. The summed E-state index contributed by atoms with van der Waals surface area (Å²) in [5.41, 5.74) is 10.8. The van der Waals surface area contributed by atoms with Crippen LogP contribution in [0.1, 0.15) is 36.9 Å². The van der Waals surface area contributed by atoms with E-state index in [0.717, 1.165) is 41.0 Å². The summed E-state index contributed by atoms with van der Waals surface area (Å²) in [6.45, 7) is 4.54. The van der Waals surface area contributed by atoms with Crippen LogP contribution in [0.15, 0.2) is 42.5 Å². The maximum absolute atomic E-state index is 9.77. The van der Waals surface area contributed by atoms with Crippen LogP contribution >= 0.6 is 0 Å². The number of benzene rings is 2. The van der Waals surface area contributed by atoms with Crippen molar-refractivity contribution in [2.24, 2.45) is 5.73 Å². The maximum atomic E-state index is 9.77. The molecule has 3 rings (SSSR count). The Labute approximate surface area is 136 Å². The van der Waals surface area contributed by atoms with Crippen LogP contribution in [0.25, 0.3) is 16.7 Å². The minimum Gasteiger partial charge on any atom is -0.389 e. The number of fused-ring (bicyclic) bond motifs is 1. The molecule has 1 atom stereocenters. The van der Waals surface area contributed by atoms with Crippen molar-refractivity contribution < 1.29 is 5.11 Å². The van der Waals surface area contributed by atoms with E-state index in [0.29, 0.717) is 6.54 Å². The van der Waals surface area contributed by atoms with Crippen LogP contribution in [0.4, 0.5) is 0 Å². The molecule has 0 saturated heterocycles. The van der Waals surface area contributed by atoms with E-state index in [1.807, 2.05) is 18.2 Å². The number of nitrogens with two attached hydrogens (primary N) is 1. The van der Waals surface area contributed by atoms with Crippen molar-refractivity contribution in [3.63, 3.8) is 0 Å². The Morgan fingerprint density at radius 3 is 2.52 bits per heavy atom. The van der Waals surface area contributed by atoms with Gasteiger partial charge in [-0.15, -0.1) is 0 Å². The first-order valence-electron chi connectivity index (χ1n) is 8.12. The summed E-state index contributed by atoms with van der Waals surface area (Å²) < 4.78 is 2.19. The van der Waals surface area contributed by atoms with Gasteiger partial charge in [-0.25, -0.2) is 4.98 Å². The van der Waals surface area contributed by atoms with Gasteiger partial charge in [-0.1, -0.05) is 25.1 Å². The third-order valence-corrected chi connectivity index (χ3v) is 4.17. The zero-order valence-electron chi connectivity index (χ0n) is 13.7. The summed E-state index contributed by atoms with van der Waals surface area (Å²) in [5.74, 6) is 1.02. The van der Waals surface area contributed by atoms with Gasteiger partial charge >= 0.3 is 0 Å². The molecule has 0 radical (unpaired) electrons. The highest BCUT2D eigenvalue weighted by Gasteiger charge is 2.12. The van der Waals surface area contributed by atoms with E-state index in [4.69, 9.17) is 10.7 Å². The molecule has 0 fully saturated rings. The van der Waals surface area contributed by atoms with Crippen molar-refractivity contribution in [2.75, 3.05) is 6.54 Å². The van der Waals surface area contributed by atoms with Crippen LogP contribution in [-0.4, -0.2) is 21.2 Å². The fourth-order valence-electron chi connectivity index (χ4n) is 2.91. The lowest BCUT2D eigenvalue weighted by molar-refractivity contribution is 0.199. The molecule has 0 saturated carbocycles. The van der Waals surface area contributed by atoms with Crippen molar-refractivity contribution in [2.45, 2.75) is 32.8 Å². The van der Waals surface area contributed by atoms with E-state index < -0.39 is 6.10 Å². The zero-order valence-corrected chi connectivity index (χ0v) is 13.7. The molecule has 0 aliphatic rings. The summed E-state index contributed by atoms with van der Waals surface area (Å²) in [6, 6.07) is 14.5. The third kappa shape index (κ3) is 3.00. The average molecular weight is 309 g/mol. The van der Waals surface area contributed by atoms with E-state index >= 15 is 0 Å². The van der Waals surface area contributed by atoms with Crippen molar-refractivity contribution in [1.82, 2.24) is 9.55 Å². The lowest BCUT2D eigenvalue weighted by Crippen LogP contribution is -2.03. The number of aliphatic hydroxyl groups excluding tert-OH is 1. The molecule has 2 aromatic carbocycles. The normalized spacial score (nSPS) is 12.7. The maximum Gasteiger partial charge on any atom is 0.114 e. The highest BCUT2D eigenvalue weighted by molar-refractivity contribution is 5.79. The van der Waals surface area contributed by atoms with Crippen molar-refractivity contribution in [1.29, 1.82) is 0 Å². The first-order chi connectivity index (χ1) is 11.1. The number of hydrogen-bond acceptors (Lipinski definition) is 3. The number of aromatic nitrogens is 2.